The monoisotopic (exact) mass is 343 g/mol. The van der Waals surface area contributed by atoms with Crippen LogP contribution in [-0.2, 0) is 0 Å². The first-order valence-electron chi connectivity index (χ1n) is 6.96. The maximum absolute atomic E-state index is 11.2. The lowest BCUT2D eigenvalue weighted by molar-refractivity contribution is 0.0696. The van der Waals surface area contributed by atoms with Gasteiger partial charge in [-0.2, -0.15) is 0 Å². The largest absolute Gasteiger partial charge is 0.478 e. The molecule has 0 bridgehead atoms. The van der Waals surface area contributed by atoms with Gasteiger partial charge < -0.3 is 15.5 Å². The minimum Gasteiger partial charge on any atom is -0.478 e. The molecular weight excluding hydrogens is 330 g/mol. The second-order valence-electron chi connectivity index (χ2n) is 5.22. The molecule has 3 rings (SSSR count). The number of nitrogens with one attached hydrogen (secondary N) is 1. The molecule has 0 atom stereocenters. The van der Waals surface area contributed by atoms with Gasteiger partial charge in [-0.25, -0.2) is 19.6 Å². The van der Waals surface area contributed by atoms with Crippen LogP contribution in [-0.4, -0.2) is 32.1 Å². The summed E-state index contributed by atoms with van der Waals surface area (Å²) in [6, 6.07) is 3.86. The summed E-state index contributed by atoms with van der Waals surface area (Å²) in [7, 11) is 0. The molecule has 3 N–H and O–H groups in total. The third-order valence-corrected chi connectivity index (χ3v) is 4.77. The van der Waals surface area contributed by atoms with Crippen LogP contribution in [0.5, 0.6) is 0 Å². The maximum atomic E-state index is 11.2. The van der Waals surface area contributed by atoms with Gasteiger partial charge in [-0.1, -0.05) is 0 Å². The van der Waals surface area contributed by atoms with Crippen molar-refractivity contribution in [3.05, 3.63) is 46.1 Å². The first kappa shape index (κ1) is 15.9. The summed E-state index contributed by atoms with van der Waals surface area (Å²) < 4.78 is 0. The smallest absolute Gasteiger partial charge is 0.335 e. The van der Waals surface area contributed by atoms with Gasteiger partial charge in [0.25, 0.3) is 0 Å². The fraction of sp³-hybridized carbons (Fsp3) is 0.125. The molecule has 0 amide bonds. The van der Waals surface area contributed by atoms with Gasteiger partial charge in [0, 0.05) is 10.6 Å². The third-order valence-electron chi connectivity index (χ3n) is 3.66. The SMILES string of the molecule is Cc1sc2ncnc(Nc3cc(C(=O)O)cc(C(=O)O)c3)c2c1C. The van der Waals surface area contributed by atoms with Gasteiger partial charge >= 0.3 is 11.9 Å². The Hall–Kier alpha value is -3.00. The topological polar surface area (TPSA) is 112 Å². The molecule has 0 aliphatic carbocycles. The number of fused-ring (bicyclic) bond motifs is 1. The molecule has 0 spiro atoms. The Labute approximate surface area is 140 Å². The van der Waals surface area contributed by atoms with Crippen LogP contribution < -0.4 is 5.32 Å². The van der Waals surface area contributed by atoms with E-state index in [1.54, 1.807) is 11.3 Å². The number of benzene rings is 1. The first-order chi connectivity index (χ1) is 11.4. The van der Waals surface area contributed by atoms with E-state index in [9.17, 15) is 9.59 Å². The van der Waals surface area contributed by atoms with Gasteiger partial charge in [0.2, 0.25) is 0 Å². The summed E-state index contributed by atoms with van der Waals surface area (Å²) in [5.41, 5.74) is 1.16. The van der Waals surface area contributed by atoms with Gasteiger partial charge in [-0.15, -0.1) is 11.3 Å². The number of aromatic carboxylic acids is 2. The molecule has 3 aromatic rings. The molecule has 1 aromatic carbocycles. The number of thiophene rings is 1. The van der Waals surface area contributed by atoms with Crippen molar-refractivity contribution in [1.29, 1.82) is 0 Å². The van der Waals surface area contributed by atoms with E-state index in [4.69, 9.17) is 10.2 Å². The minimum absolute atomic E-state index is 0.110. The van der Waals surface area contributed by atoms with Gasteiger partial charge in [-0.3, -0.25) is 0 Å². The normalized spacial score (nSPS) is 10.8. The van der Waals surface area contributed by atoms with Crippen LogP contribution >= 0.6 is 11.3 Å². The third kappa shape index (κ3) is 2.79. The van der Waals surface area contributed by atoms with Crippen LogP contribution in [0.2, 0.25) is 0 Å². The van der Waals surface area contributed by atoms with Crippen LogP contribution in [0.1, 0.15) is 31.2 Å². The molecule has 7 nitrogen and oxygen atoms in total. The number of nitrogens with zero attached hydrogens (tertiary/aromatic N) is 2. The molecular formula is C16H13N3O4S. The van der Waals surface area contributed by atoms with Crippen molar-refractivity contribution in [2.45, 2.75) is 13.8 Å². The van der Waals surface area contributed by atoms with Gasteiger partial charge in [0.05, 0.1) is 16.5 Å². The Morgan fingerprint density at radius 1 is 1.04 bits per heavy atom. The molecule has 0 radical (unpaired) electrons. The molecule has 8 heteroatoms. The summed E-state index contributed by atoms with van der Waals surface area (Å²) >= 11 is 1.54. The Kier molecular flexibility index (Phi) is 3.90. The van der Waals surface area contributed by atoms with Crippen LogP contribution in [0.15, 0.2) is 24.5 Å². The van der Waals surface area contributed by atoms with E-state index in [2.05, 4.69) is 15.3 Å². The molecule has 0 saturated heterocycles. The number of rotatable bonds is 4. The summed E-state index contributed by atoms with van der Waals surface area (Å²) in [6.07, 6.45) is 1.42. The van der Waals surface area contributed by atoms with Crippen molar-refractivity contribution in [1.82, 2.24) is 9.97 Å². The molecule has 2 aromatic heterocycles. The maximum Gasteiger partial charge on any atom is 0.335 e. The van der Waals surface area contributed by atoms with E-state index in [1.807, 2.05) is 13.8 Å². The molecule has 122 valence electrons. The van der Waals surface area contributed by atoms with Crippen molar-refractivity contribution >= 4 is 45.0 Å². The number of hydrogen-bond donors (Lipinski definition) is 3. The predicted octanol–water partition coefficient (Wildman–Crippen LogP) is 3.45. The van der Waals surface area contributed by atoms with Crippen LogP contribution in [0, 0.1) is 13.8 Å². The molecule has 2 heterocycles. The van der Waals surface area contributed by atoms with Crippen molar-refractivity contribution in [2.24, 2.45) is 0 Å². The number of carboxylic acid groups (broad SMARTS) is 2. The zero-order chi connectivity index (χ0) is 17.4. The Morgan fingerprint density at radius 3 is 2.25 bits per heavy atom. The molecule has 0 fully saturated rings. The summed E-state index contributed by atoms with van der Waals surface area (Å²) in [4.78, 5) is 32.8. The van der Waals surface area contributed by atoms with Crippen molar-refractivity contribution in [3.8, 4) is 0 Å². The number of aryl methyl sites for hydroxylation is 2. The van der Waals surface area contributed by atoms with Gasteiger partial charge in [0.15, 0.2) is 0 Å². The Bertz CT molecular complexity index is 949. The fourth-order valence-corrected chi connectivity index (χ4v) is 3.36. The van der Waals surface area contributed by atoms with Crippen LogP contribution in [0.4, 0.5) is 11.5 Å². The number of anilines is 2. The molecule has 0 aliphatic rings. The predicted molar refractivity (Wildman–Crippen MR) is 90.5 cm³/mol. The second-order valence-corrected chi connectivity index (χ2v) is 6.42. The number of carboxylic acids is 2. The van der Waals surface area contributed by atoms with Crippen molar-refractivity contribution in [2.75, 3.05) is 5.32 Å². The van der Waals surface area contributed by atoms with E-state index < -0.39 is 11.9 Å². The van der Waals surface area contributed by atoms with Gasteiger partial charge in [0.1, 0.15) is 17.0 Å². The fourth-order valence-electron chi connectivity index (χ4n) is 2.36. The molecule has 0 saturated carbocycles. The van der Waals surface area contributed by atoms with E-state index in [-0.39, 0.29) is 11.1 Å². The first-order valence-corrected chi connectivity index (χ1v) is 7.78. The zero-order valence-electron chi connectivity index (χ0n) is 12.8. The standard InChI is InChI=1S/C16H13N3O4S/c1-7-8(2)24-14-12(7)13(17-6-18-14)19-11-4-9(15(20)21)3-10(5-11)16(22)23/h3-6H,1-2H3,(H,20,21)(H,22,23)(H,17,18,19). The average molecular weight is 343 g/mol. The average Bonchev–Trinajstić information content (AvgIpc) is 2.82. The Balaban J connectivity index is 2.12. The lowest BCUT2D eigenvalue weighted by Gasteiger charge is -2.09. The van der Waals surface area contributed by atoms with E-state index in [0.717, 1.165) is 26.7 Å². The van der Waals surface area contributed by atoms with E-state index >= 15 is 0 Å². The van der Waals surface area contributed by atoms with Crippen LogP contribution in [0.25, 0.3) is 10.2 Å². The number of hydrogen-bond acceptors (Lipinski definition) is 6. The summed E-state index contributed by atoms with van der Waals surface area (Å²) in [5.74, 6) is -1.88. The number of carbonyl (C=O) groups is 2. The molecule has 0 aliphatic heterocycles. The lowest BCUT2D eigenvalue weighted by atomic mass is 10.1. The van der Waals surface area contributed by atoms with Gasteiger partial charge in [-0.05, 0) is 37.6 Å². The highest BCUT2D eigenvalue weighted by Crippen LogP contribution is 2.34. The van der Waals surface area contributed by atoms with Crippen molar-refractivity contribution < 1.29 is 19.8 Å². The summed E-state index contributed by atoms with van der Waals surface area (Å²) in [6.45, 7) is 3.94. The van der Waals surface area contributed by atoms with E-state index in [1.165, 1.54) is 18.5 Å². The quantitative estimate of drug-likeness (QED) is 0.665. The lowest BCUT2D eigenvalue weighted by Crippen LogP contribution is -2.05. The Morgan fingerprint density at radius 2 is 1.67 bits per heavy atom. The second kappa shape index (κ2) is 5.89. The van der Waals surface area contributed by atoms with E-state index in [0.29, 0.717) is 11.5 Å². The molecule has 0 unspecified atom stereocenters. The number of aromatic nitrogens is 2. The zero-order valence-corrected chi connectivity index (χ0v) is 13.6. The highest BCUT2D eigenvalue weighted by Gasteiger charge is 2.15. The summed E-state index contributed by atoms with van der Waals surface area (Å²) in [5, 5.41) is 22.2. The highest BCUT2D eigenvalue weighted by atomic mass is 32.1. The highest BCUT2D eigenvalue weighted by molar-refractivity contribution is 7.18. The minimum atomic E-state index is -1.20. The molecule has 24 heavy (non-hydrogen) atoms. The van der Waals surface area contributed by atoms with Crippen molar-refractivity contribution in [3.63, 3.8) is 0 Å². The van der Waals surface area contributed by atoms with Crippen LogP contribution in [0.3, 0.4) is 0 Å².